The predicted octanol–water partition coefficient (Wildman–Crippen LogP) is 4.32. The Balaban J connectivity index is 1.73. The molecule has 3 aromatic rings. The summed E-state index contributed by atoms with van der Waals surface area (Å²) in [6.45, 7) is 3.64. The molecule has 5 atom stereocenters. The Kier molecular flexibility index (Phi) is 8.51. The van der Waals surface area contributed by atoms with Crippen molar-refractivity contribution in [3.8, 4) is 0 Å². The van der Waals surface area contributed by atoms with Gasteiger partial charge in [-0.2, -0.15) is 0 Å². The second-order valence-electron chi connectivity index (χ2n) is 8.43. The van der Waals surface area contributed by atoms with Crippen molar-refractivity contribution < 1.29 is 24.4 Å². The van der Waals surface area contributed by atoms with Gasteiger partial charge in [0.25, 0.3) is 0 Å². The van der Waals surface area contributed by atoms with Gasteiger partial charge in [-0.3, -0.25) is 0 Å². The lowest BCUT2D eigenvalue weighted by Gasteiger charge is -2.43. The molecule has 4 rings (SSSR count). The summed E-state index contributed by atoms with van der Waals surface area (Å²) >= 11 is 0. The largest absolute Gasteiger partial charge is 0.390 e. The van der Waals surface area contributed by atoms with Crippen molar-refractivity contribution in [2.24, 2.45) is 5.11 Å². The summed E-state index contributed by atoms with van der Waals surface area (Å²) < 4.78 is 18.3. The number of benzene rings is 3. The van der Waals surface area contributed by atoms with Gasteiger partial charge in [-0.25, -0.2) is 0 Å². The minimum Gasteiger partial charge on any atom is -0.390 e. The third kappa shape index (κ3) is 5.20. The van der Waals surface area contributed by atoms with E-state index in [4.69, 9.17) is 19.7 Å². The van der Waals surface area contributed by atoms with Gasteiger partial charge in [0.05, 0.1) is 19.3 Å². The molecule has 0 unspecified atom stereocenters. The Hall–Kier alpha value is -3.49. The van der Waals surface area contributed by atoms with Gasteiger partial charge in [-0.15, -0.1) is 6.58 Å². The van der Waals surface area contributed by atoms with E-state index in [9.17, 15) is 10.2 Å². The summed E-state index contributed by atoms with van der Waals surface area (Å²) in [5.41, 5.74) is 10.6. The first-order chi connectivity index (χ1) is 17.6. The zero-order valence-corrected chi connectivity index (χ0v) is 19.7. The third-order valence-corrected chi connectivity index (χ3v) is 6.24. The van der Waals surface area contributed by atoms with Crippen molar-refractivity contribution in [1.82, 2.24) is 0 Å². The van der Waals surface area contributed by atoms with Crippen LogP contribution in [0.2, 0.25) is 0 Å². The molecule has 1 aliphatic heterocycles. The zero-order chi connectivity index (χ0) is 25.4. The molecule has 2 N–H and O–H groups in total. The molecule has 36 heavy (non-hydrogen) atoms. The number of hydrogen-bond acceptors (Lipinski definition) is 6. The Bertz CT molecular complexity index is 1060. The van der Waals surface area contributed by atoms with Gasteiger partial charge < -0.3 is 24.4 Å². The lowest BCUT2D eigenvalue weighted by molar-refractivity contribution is -0.269. The molecule has 1 saturated heterocycles. The number of rotatable bonds is 10. The molecule has 0 aromatic heterocycles. The standard InChI is InChI=1S/C28H29N3O5/c1-2-18-34-27-24(30-31-29)26(33)25(32)23(36-27)19-35-28(20-12-6-3-7-13-20,21-14-8-4-9-15-21)22-16-10-5-11-17-22/h2-17,23-27,32-33H,1,18-19H2/t23-,24-,25+,26-,27-/m1/s1. The molecule has 8 nitrogen and oxygen atoms in total. The summed E-state index contributed by atoms with van der Waals surface area (Å²) in [7, 11) is 0. The maximum Gasteiger partial charge on any atom is 0.169 e. The molecule has 1 fully saturated rings. The minimum absolute atomic E-state index is 0.0894. The third-order valence-electron chi connectivity index (χ3n) is 6.24. The fourth-order valence-electron chi connectivity index (χ4n) is 4.51. The molecule has 0 amide bonds. The van der Waals surface area contributed by atoms with Gasteiger partial charge in [0, 0.05) is 4.91 Å². The molecule has 0 bridgehead atoms. The fourth-order valence-corrected chi connectivity index (χ4v) is 4.51. The first-order valence-corrected chi connectivity index (χ1v) is 11.7. The van der Waals surface area contributed by atoms with Gasteiger partial charge in [0.2, 0.25) is 0 Å². The molecule has 1 aliphatic rings. The Morgan fingerprint density at radius 1 is 0.889 bits per heavy atom. The molecular weight excluding hydrogens is 458 g/mol. The number of nitrogens with zero attached hydrogens (tertiary/aromatic N) is 3. The Morgan fingerprint density at radius 3 is 1.83 bits per heavy atom. The minimum atomic E-state index is -1.40. The van der Waals surface area contributed by atoms with Crippen molar-refractivity contribution in [2.75, 3.05) is 13.2 Å². The highest BCUT2D eigenvalue weighted by molar-refractivity contribution is 5.47. The van der Waals surface area contributed by atoms with E-state index in [0.29, 0.717) is 0 Å². The highest BCUT2D eigenvalue weighted by Crippen LogP contribution is 2.41. The molecule has 1 heterocycles. The number of aliphatic hydroxyl groups excluding tert-OH is 2. The van der Waals surface area contributed by atoms with Crippen molar-refractivity contribution in [3.05, 3.63) is 131 Å². The van der Waals surface area contributed by atoms with Crippen LogP contribution in [0.5, 0.6) is 0 Å². The van der Waals surface area contributed by atoms with Crippen LogP contribution < -0.4 is 0 Å². The molecule has 0 radical (unpaired) electrons. The van der Waals surface area contributed by atoms with E-state index in [0.717, 1.165) is 16.7 Å². The lowest BCUT2D eigenvalue weighted by Crippen LogP contribution is -2.59. The van der Waals surface area contributed by atoms with Gasteiger partial charge in [0.15, 0.2) is 6.29 Å². The van der Waals surface area contributed by atoms with Crippen molar-refractivity contribution in [1.29, 1.82) is 0 Å². The average molecular weight is 488 g/mol. The first-order valence-electron chi connectivity index (χ1n) is 11.7. The Morgan fingerprint density at radius 2 is 1.39 bits per heavy atom. The van der Waals surface area contributed by atoms with Crippen LogP contribution in [0.25, 0.3) is 10.4 Å². The monoisotopic (exact) mass is 487 g/mol. The summed E-state index contributed by atoms with van der Waals surface area (Å²) in [5, 5.41) is 25.2. The van der Waals surface area contributed by atoms with Crippen LogP contribution in [-0.2, 0) is 19.8 Å². The molecular formula is C28H29N3O5. The molecule has 8 heteroatoms. The van der Waals surface area contributed by atoms with E-state index in [2.05, 4.69) is 16.6 Å². The van der Waals surface area contributed by atoms with Crippen LogP contribution in [-0.4, -0.2) is 54.1 Å². The van der Waals surface area contributed by atoms with E-state index in [1.165, 1.54) is 6.08 Å². The number of aliphatic hydroxyl groups is 2. The normalized spacial score (nSPS) is 24.0. The van der Waals surface area contributed by atoms with Crippen LogP contribution in [0.15, 0.2) is 109 Å². The number of ether oxygens (including phenoxy) is 3. The van der Waals surface area contributed by atoms with E-state index < -0.39 is 36.2 Å². The summed E-state index contributed by atoms with van der Waals surface area (Å²) in [4.78, 5) is 2.77. The predicted molar refractivity (Wildman–Crippen MR) is 135 cm³/mol. The molecule has 186 valence electrons. The van der Waals surface area contributed by atoms with E-state index >= 15 is 0 Å². The quantitative estimate of drug-likeness (QED) is 0.145. The lowest BCUT2D eigenvalue weighted by atomic mass is 9.80. The first kappa shape index (κ1) is 25.6. The maximum atomic E-state index is 10.9. The van der Waals surface area contributed by atoms with Crippen LogP contribution in [0.3, 0.4) is 0 Å². The number of hydrogen-bond donors (Lipinski definition) is 2. The van der Waals surface area contributed by atoms with Crippen LogP contribution in [0, 0.1) is 0 Å². The van der Waals surface area contributed by atoms with Gasteiger partial charge >= 0.3 is 0 Å². The highest BCUT2D eigenvalue weighted by atomic mass is 16.7. The second kappa shape index (κ2) is 12.0. The highest BCUT2D eigenvalue weighted by Gasteiger charge is 2.46. The fraction of sp³-hybridized carbons (Fsp3) is 0.286. The Labute approximate surface area is 210 Å². The average Bonchev–Trinajstić information content (AvgIpc) is 2.94. The number of azide groups is 1. The SMILES string of the molecule is C=CCO[C@@H]1O[C@H](COC(c2ccccc2)(c2ccccc2)c2ccccc2)[C@H](O)[C@H](O)[C@H]1N=[N+]=[N-]. The molecule has 0 saturated carbocycles. The van der Waals surface area contributed by atoms with Gasteiger partial charge in [-0.05, 0) is 22.2 Å². The topological polar surface area (TPSA) is 117 Å². The molecule has 0 aliphatic carbocycles. The van der Waals surface area contributed by atoms with Crippen LogP contribution in [0.4, 0.5) is 0 Å². The van der Waals surface area contributed by atoms with E-state index in [1.807, 2.05) is 91.0 Å². The summed E-state index contributed by atoms with van der Waals surface area (Å²) in [6, 6.07) is 28.3. The smallest absolute Gasteiger partial charge is 0.169 e. The van der Waals surface area contributed by atoms with E-state index in [1.54, 1.807) is 0 Å². The second-order valence-corrected chi connectivity index (χ2v) is 8.43. The van der Waals surface area contributed by atoms with Crippen molar-refractivity contribution in [2.45, 2.75) is 36.2 Å². The van der Waals surface area contributed by atoms with Crippen LogP contribution in [0.1, 0.15) is 16.7 Å². The van der Waals surface area contributed by atoms with Crippen molar-refractivity contribution in [3.63, 3.8) is 0 Å². The summed E-state index contributed by atoms with van der Waals surface area (Å²) in [5.74, 6) is 0. The van der Waals surface area contributed by atoms with Crippen molar-refractivity contribution >= 4 is 0 Å². The summed E-state index contributed by atoms with van der Waals surface area (Å²) in [6.07, 6.45) is -3.30. The molecule has 0 spiro atoms. The zero-order valence-electron chi connectivity index (χ0n) is 19.7. The van der Waals surface area contributed by atoms with Gasteiger partial charge in [0.1, 0.15) is 23.9 Å². The van der Waals surface area contributed by atoms with Crippen LogP contribution >= 0.6 is 0 Å². The maximum absolute atomic E-state index is 10.9. The van der Waals surface area contributed by atoms with Gasteiger partial charge in [-0.1, -0.05) is 102 Å². The van der Waals surface area contributed by atoms with E-state index in [-0.39, 0.29) is 13.2 Å². The molecule has 3 aromatic carbocycles.